The molecule has 27 heavy (non-hydrogen) atoms. The lowest BCUT2D eigenvalue weighted by molar-refractivity contribution is -0.137. The monoisotopic (exact) mass is 375 g/mol. The maximum Gasteiger partial charge on any atom is 0.416 e. The molecule has 2 aromatic carbocycles. The van der Waals surface area contributed by atoms with Gasteiger partial charge in [-0.25, -0.2) is 0 Å². The number of halogens is 3. The van der Waals surface area contributed by atoms with Crippen molar-refractivity contribution in [3.8, 4) is 11.4 Å². The third-order valence-corrected chi connectivity index (χ3v) is 3.77. The van der Waals surface area contributed by atoms with Crippen molar-refractivity contribution in [2.75, 3.05) is 5.32 Å². The van der Waals surface area contributed by atoms with Crippen LogP contribution in [-0.4, -0.2) is 16.0 Å². The highest BCUT2D eigenvalue weighted by Gasteiger charge is 2.30. The number of alkyl halides is 3. The van der Waals surface area contributed by atoms with Crippen molar-refractivity contribution in [3.63, 3.8) is 0 Å². The van der Waals surface area contributed by atoms with E-state index in [4.69, 9.17) is 4.52 Å². The molecule has 3 rings (SSSR count). The molecule has 0 aliphatic rings. The van der Waals surface area contributed by atoms with E-state index in [-0.39, 0.29) is 18.0 Å². The standard InChI is InChI=1S/C19H16F3N3O2/c20-19(21,22)14-8-4-9-15(12-14)23-16(26)10-5-11-17-24-18(25-27-17)13-6-2-1-3-7-13/h1-4,6-9,12H,5,10-11H2,(H,23,26). The fourth-order valence-electron chi connectivity index (χ4n) is 2.46. The van der Waals surface area contributed by atoms with E-state index in [1.807, 2.05) is 30.3 Å². The van der Waals surface area contributed by atoms with Crippen molar-refractivity contribution in [1.82, 2.24) is 10.1 Å². The second-order valence-electron chi connectivity index (χ2n) is 5.86. The zero-order chi connectivity index (χ0) is 19.3. The number of nitrogens with one attached hydrogen (secondary N) is 1. The Balaban J connectivity index is 1.50. The quantitative estimate of drug-likeness (QED) is 0.677. The number of aromatic nitrogens is 2. The summed E-state index contributed by atoms with van der Waals surface area (Å²) in [5.41, 5.74) is 0.133. The van der Waals surface area contributed by atoms with Crippen molar-refractivity contribution in [2.45, 2.75) is 25.4 Å². The van der Waals surface area contributed by atoms with Gasteiger partial charge in [-0.2, -0.15) is 18.2 Å². The van der Waals surface area contributed by atoms with E-state index in [0.717, 1.165) is 17.7 Å². The molecule has 0 fully saturated rings. The van der Waals surface area contributed by atoms with Gasteiger partial charge in [0.2, 0.25) is 17.6 Å². The molecular weight excluding hydrogens is 359 g/mol. The van der Waals surface area contributed by atoms with Crippen LogP contribution in [-0.2, 0) is 17.4 Å². The van der Waals surface area contributed by atoms with Crippen molar-refractivity contribution in [1.29, 1.82) is 0 Å². The Morgan fingerprint density at radius 1 is 1.07 bits per heavy atom. The molecule has 140 valence electrons. The third-order valence-electron chi connectivity index (χ3n) is 3.77. The lowest BCUT2D eigenvalue weighted by Gasteiger charge is -2.09. The minimum atomic E-state index is -4.45. The zero-order valence-corrected chi connectivity index (χ0v) is 14.2. The van der Waals surface area contributed by atoms with E-state index >= 15 is 0 Å². The summed E-state index contributed by atoms with van der Waals surface area (Å²) in [5.74, 6) is 0.497. The van der Waals surface area contributed by atoms with Gasteiger partial charge in [0.1, 0.15) is 0 Å². The first kappa shape index (κ1) is 18.6. The topological polar surface area (TPSA) is 68.0 Å². The molecule has 0 aliphatic heterocycles. The molecule has 0 spiro atoms. The van der Waals surface area contributed by atoms with Gasteiger partial charge >= 0.3 is 6.18 Å². The molecule has 0 bridgehead atoms. The van der Waals surface area contributed by atoms with Crippen molar-refractivity contribution in [3.05, 3.63) is 66.1 Å². The van der Waals surface area contributed by atoms with E-state index in [2.05, 4.69) is 15.5 Å². The molecule has 0 atom stereocenters. The summed E-state index contributed by atoms with van der Waals surface area (Å²) in [5, 5.41) is 6.36. The number of anilines is 1. The average Bonchev–Trinajstić information content (AvgIpc) is 3.11. The number of carbonyl (C=O) groups excluding carboxylic acids is 1. The number of nitrogens with zero attached hydrogens (tertiary/aromatic N) is 2. The highest BCUT2D eigenvalue weighted by molar-refractivity contribution is 5.90. The van der Waals surface area contributed by atoms with Gasteiger partial charge in [-0.05, 0) is 24.6 Å². The Kier molecular flexibility index (Phi) is 5.54. The molecule has 3 aromatic rings. The minimum Gasteiger partial charge on any atom is -0.339 e. The van der Waals surface area contributed by atoms with Crippen LogP contribution in [0.1, 0.15) is 24.3 Å². The van der Waals surface area contributed by atoms with Crippen molar-refractivity contribution in [2.24, 2.45) is 0 Å². The van der Waals surface area contributed by atoms with Crippen LogP contribution in [0, 0.1) is 0 Å². The van der Waals surface area contributed by atoms with Gasteiger partial charge in [-0.15, -0.1) is 0 Å². The summed E-state index contributed by atoms with van der Waals surface area (Å²) in [6.07, 6.45) is -3.49. The number of hydrogen-bond acceptors (Lipinski definition) is 4. The highest BCUT2D eigenvalue weighted by atomic mass is 19.4. The Morgan fingerprint density at radius 3 is 2.59 bits per heavy atom. The smallest absolute Gasteiger partial charge is 0.339 e. The largest absolute Gasteiger partial charge is 0.416 e. The van der Waals surface area contributed by atoms with Crippen LogP contribution in [0.25, 0.3) is 11.4 Å². The van der Waals surface area contributed by atoms with E-state index in [1.54, 1.807) is 0 Å². The maximum atomic E-state index is 12.7. The number of amides is 1. The van der Waals surface area contributed by atoms with E-state index in [1.165, 1.54) is 12.1 Å². The highest BCUT2D eigenvalue weighted by Crippen LogP contribution is 2.30. The summed E-state index contributed by atoms with van der Waals surface area (Å²) < 4.78 is 43.2. The van der Waals surface area contributed by atoms with Crippen LogP contribution in [0.2, 0.25) is 0 Å². The van der Waals surface area contributed by atoms with Gasteiger partial charge in [-0.3, -0.25) is 4.79 Å². The first-order valence-electron chi connectivity index (χ1n) is 8.27. The molecule has 1 amide bonds. The van der Waals surface area contributed by atoms with Gasteiger partial charge in [0.05, 0.1) is 5.56 Å². The number of rotatable bonds is 6. The molecule has 0 saturated carbocycles. The average molecular weight is 375 g/mol. The molecule has 0 saturated heterocycles. The van der Waals surface area contributed by atoms with Crippen molar-refractivity contribution < 1.29 is 22.5 Å². The minimum absolute atomic E-state index is 0.110. The summed E-state index contributed by atoms with van der Waals surface area (Å²) in [7, 11) is 0. The van der Waals surface area contributed by atoms with E-state index < -0.39 is 11.7 Å². The van der Waals surface area contributed by atoms with E-state index in [9.17, 15) is 18.0 Å². The lowest BCUT2D eigenvalue weighted by Crippen LogP contribution is -2.13. The van der Waals surface area contributed by atoms with Gasteiger partial charge in [-0.1, -0.05) is 41.6 Å². The normalized spacial score (nSPS) is 11.4. The first-order valence-corrected chi connectivity index (χ1v) is 8.27. The molecule has 1 aromatic heterocycles. The first-order chi connectivity index (χ1) is 12.9. The number of benzene rings is 2. The summed E-state index contributed by atoms with van der Waals surface area (Å²) in [6, 6.07) is 13.9. The summed E-state index contributed by atoms with van der Waals surface area (Å²) in [4.78, 5) is 16.2. The zero-order valence-electron chi connectivity index (χ0n) is 14.2. The molecule has 1 heterocycles. The molecule has 0 unspecified atom stereocenters. The van der Waals surface area contributed by atoms with Crippen LogP contribution in [0.15, 0.2) is 59.1 Å². The van der Waals surface area contributed by atoms with Crippen LogP contribution in [0.5, 0.6) is 0 Å². The van der Waals surface area contributed by atoms with Gasteiger partial charge in [0.25, 0.3) is 0 Å². The second kappa shape index (κ2) is 8.03. The molecule has 5 nitrogen and oxygen atoms in total. The maximum absolute atomic E-state index is 12.7. The second-order valence-corrected chi connectivity index (χ2v) is 5.86. The molecule has 0 aliphatic carbocycles. The fraction of sp³-hybridized carbons (Fsp3) is 0.211. The molecule has 0 radical (unpaired) electrons. The van der Waals surface area contributed by atoms with Gasteiger partial charge < -0.3 is 9.84 Å². The summed E-state index contributed by atoms with van der Waals surface area (Å²) in [6.45, 7) is 0. The van der Waals surface area contributed by atoms with Crippen LogP contribution >= 0.6 is 0 Å². The lowest BCUT2D eigenvalue weighted by atomic mass is 10.2. The predicted molar refractivity (Wildman–Crippen MR) is 92.7 cm³/mol. The van der Waals surface area contributed by atoms with Gasteiger partial charge in [0, 0.05) is 24.1 Å². The Hall–Kier alpha value is -3.16. The number of hydrogen-bond donors (Lipinski definition) is 1. The predicted octanol–water partition coefficient (Wildman–Crippen LogP) is 4.72. The number of aryl methyl sites for hydroxylation is 1. The van der Waals surface area contributed by atoms with Crippen LogP contribution in [0.3, 0.4) is 0 Å². The Morgan fingerprint density at radius 2 is 1.85 bits per heavy atom. The van der Waals surface area contributed by atoms with Crippen LogP contribution in [0.4, 0.5) is 18.9 Å². The Bertz CT molecular complexity index is 908. The molecule has 1 N–H and O–H groups in total. The fourth-order valence-corrected chi connectivity index (χ4v) is 2.46. The Labute approximate surface area is 153 Å². The third kappa shape index (κ3) is 5.16. The molecule has 8 heteroatoms. The molecular formula is C19H16F3N3O2. The summed E-state index contributed by atoms with van der Waals surface area (Å²) >= 11 is 0. The van der Waals surface area contributed by atoms with Crippen molar-refractivity contribution >= 4 is 11.6 Å². The van der Waals surface area contributed by atoms with Crippen LogP contribution < -0.4 is 5.32 Å². The SMILES string of the molecule is O=C(CCCc1nc(-c2ccccc2)no1)Nc1cccc(C(F)(F)F)c1. The van der Waals surface area contributed by atoms with Gasteiger partial charge in [0.15, 0.2) is 0 Å². The number of carbonyl (C=O) groups is 1. The van der Waals surface area contributed by atoms with E-state index in [0.29, 0.717) is 24.6 Å².